The van der Waals surface area contributed by atoms with Gasteiger partial charge in [0, 0.05) is 4.47 Å². The highest BCUT2D eigenvalue weighted by molar-refractivity contribution is 9.10. The van der Waals surface area contributed by atoms with E-state index in [0.717, 1.165) is 12.8 Å². The van der Waals surface area contributed by atoms with E-state index in [0.29, 0.717) is 15.9 Å². The Kier molecular flexibility index (Phi) is 4.12. The number of rotatable bonds is 2. The Morgan fingerprint density at radius 1 is 1.41 bits per heavy atom. The minimum absolute atomic E-state index is 0.268. The molecule has 0 aromatic heterocycles. The largest absolute Gasteiger partial charge is 0.308 e. The molecule has 0 spiro atoms. The van der Waals surface area contributed by atoms with Crippen LogP contribution in [0.2, 0.25) is 0 Å². The second-order valence-electron chi connectivity index (χ2n) is 4.18. The van der Waals surface area contributed by atoms with Gasteiger partial charge in [0.15, 0.2) is 0 Å². The van der Waals surface area contributed by atoms with Crippen molar-refractivity contribution in [3.05, 3.63) is 34.1 Å². The van der Waals surface area contributed by atoms with E-state index in [2.05, 4.69) is 26.3 Å². The zero-order valence-electron chi connectivity index (χ0n) is 9.42. The Labute approximate surface area is 108 Å². The number of halogens is 2. The SMILES string of the molecule is NNC(=NC1CCCC1)c1ccc(Br)cc1F. The lowest BCUT2D eigenvalue weighted by atomic mass is 10.2. The van der Waals surface area contributed by atoms with Gasteiger partial charge in [-0.2, -0.15) is 0 Å². The van der Waals surface area contributed by atoms with E-state index in [9.17, 15) is 4.39 Å². The molecular weight excluding hydrogens is 285 g/mol. The maximum absolute atomic E-state index is 13.8. The molecular formula is C12H15BrFN3. The third kappa shape index (κ3) is 3.04. The molecule has 3 nitrogen and oxygen atoms in total. The number of aliphatic imine (C=N–C) groups is 1. The lowest BCUT2D eigenvalue weighted by Gasteiger charge is -2.10. The van der Waals surface area contributed by atoms with E-state index < -0.39 is 0 Å². The highest BCUT2D eigenvalue weighted by atomic mass is 79.9. The van der Waals surface area contributed by atoms with Crippen molar-refractivity contribution in [2.75, 3.05) is 0 Å². The molecule has 1 aromatic rings. The summed E-state index contributed by atoms with van der Waals surface area (Å²) in [6, 6.07) is 5.13. The summed E-state index contributed by atoms with van der Waals surface area (Å²) in [4.78, 5) is 4.48. The molecule has 1 saturated carbocycles. The van der Waals surface area contributed by atoms with Crippen molar-refractivity contribution in [1.29, 1.82) is 0 Å². The van der Waals surface area contributed by atoms with Crippen LogP contribution >= 0.6 is 15.9 Å². The number of benzene rings is 1. The monoisotopic (exact) mass is 299 g/mol. The quantitative estimate of drug-likeness (QED) is 0.382. The number of nitrogens with two attached hydrogens (primary N) is 1. The number of hydrogen-bond donors (Lipinski definition) is 2. The van der Waals surface area contributed by atoms with Gasteiger partial charge in [-0.25, -0.2) is 10.2 Å². The van der Waals surface area contributed by atoms with Crippen molar-refractivity contribution in [3.8, 4) is 0 Å². The summed E-state index contributed by atoms with van der Waals surface area (Å²) in [6.07, 6.45) is 4.50. The van der Waals surface area contributed by atoms with Crippen LogP contribution in [0.4, 0.5) is 4.39 Å². The number of nitrogens with zero attached hydrogens (tertiary/aromatic N) is 1. The Hall–Kier alpha value is -0.940. The van der Waals surface area contributed by atoms with Crippen LogP contribution in [-0.4, -0.2) is 11.9 Å². The van der Waals surface area contributed by atoms with E-state index in [1.54, 1.807) is 12.1 Å². The molecule has 0 unspecified atom stereocenters. The van der Waals surface area contributed by atoms with Crippen LogP contribution in [0.5, 0.6) is 0 Å². The van der Waals surface area contributed by atoms with Gasteiger partial charge in [-0.3, -0.25) is 4.99 Å². The lowest BCUT2D eigenvalue weighted by Crippen LogP contribution is -2.33. The van der Waals surface area contributed by atoms with Crippen LogP contribution < -0.4 is 11.3 Å². The average Bonchev–Trinajstić information content (AvgIpc) is 2.79. The van der Waals surface area contributed by atoms with Crippen LogP contribution in [0.25, 0.3) is 0 Å². The van der Waals surface area contributed by atoms with Gasteiger partial charge in [-0.05, 0) is 31.0 Å². The van der Waals surface area contributed by atoms with E-state index in [-0.39, 0.29) is 11.9 Å². The minimum Gasteiger partial charge on any atom is -0.308 e. The first-order chi connectivity index (χ1) is 8.20. The van der Waals surface area contributed by atoms with Crippen molar-refractivity contribution in [2.24, 2.45) is 10.8 Å². The van der Waals surface area contributed by atoms with Crippen LogP contribution in [0.1, 0.15) is 31.2 Å². The fourth-order valence-electron chi connectivity index (χ4n) is 2.08. The fourth-order valence-corrected chi connectivity index (χ4v) is 2.42. The van der Waals surface area contributed by atoms with Gasteiger partial charge in [0.05, 0.1) is 11.6 Å². The molecule has 2 rings (SSSR count). The first kappa shape index (κ1) is 12.5. The van der Waals surface area contributed by atoms with E-state index in [4.69, 9.17) is 5.84 Å². The zero-order valence-corrected chi connectivity index (χ0v) is 11.0. The van der Waals surface area contributed by atoms with Gasteiger partial charge in [-0.15, -0.1) is 0 Å². The molecule has 0 aliphatic heterocycles. The molecule has 1 fully saturated rings. The summed E-state index contributed by atoms with van der Waals surface area (Å²) in [7, 11) is 0. The van der Waals surface area contributed by atoms with Crippen molar-refractivity contribution in [1.82, 2.24) is 5.43 Å². The van der Waals surface area contributed by atoms with Gasteiger partial charge < -0.3 is 5.43 Å². The number of hydrogen-bond acceptors (Lipinski definition) is 2. The first-order valence-electron chi connectivity index (χ1n) is 5.70. The molecule has 5 heteroatoms. The Morgan fingerprint density at radius 3 is 2.71 bits per heavy atom. The van der Waals surface area contributed by atoms with E-state index >= 15 is 0 Å². The molecule has 3 N–H and O–H groups in total. The molecule has 0 radical (unpaired) electrons. The maximum Gasteiger partial charge on any atom is 0.145 e. The lowest BCUT2D eigenvalue weighted by molar-refractivity contribution is 0.621. The Morgan fingerprint density at radius 2 is 2.12 bits per heavy atom. The van der Waals surface area contributed by atoms with Gasteiger partial charge in [0.2, 0.25) is 0 Å². The standard InChI is InChI=1S/C12H15BrFN3/c13-8-5-6-10(11(14)7-8)12(17-15)16-9-3-1-2-4-9/h5-7,9H,1-4,15H2,(H,16,17). The number of nitrogens with one attached hydrogen (secondary N) is 1. The van der Waals surface area contributed by atoms with Gasteiger partial charge in [0.1, 0.15) is 11.7 Å². The molecule has 0 saturated heterocycles. The predicted molar refractivity (Wildman–Crippen MR) is 70.2 cm³/mol. The topological polar surface area (TPSA) is 50.4 Å². The van der Waals surface area contributed by atoms with Crippen molar-refractivity contribution < 1.29 is 4.39 Å². The Balaban J connectivity index is 2.27. The summed E-state index contributed by atoms with van der Waals surface area (Å²) in [6.45, 7) is 0. The number of amidine groups is 1. The molecule has 0 heterocycles. The first-order valence-corrected chi connectivity index (χ1v) is 6.50. The highest BCUT2D eigenvalue weighted by Crippen LogP contribution is 2.22. The summed E-state index contributed by atoms with van der Waals surface area (Å²) in [5, 5.41) is 0. The second-order valence-corrected chi connectivity index (χ2v) is 5.10. The van der Waals surface area contributed by atoms with E-state index in [1.165, 1.54) is 18.9 Å². The minimum atomic E-state index is -0.325. The summed E-state index contributed by atoms with van der Waals surface area (Å²) in [5.41, 5.74) is 2.92. The molecule has 1 aliphatic carbocycles. The summed E-state index contributed by atoms with van der Waals surface area (Å²) >= 11 is 3.22. The fraction of sp³-hybridized carbons (Fsp3) is 0.417. The number of hydrazine groups is 1. The van der Waals surface area contributed by atoms with Gasteiger partial charge in [-0.1, -0.05) is 28.8 Å². The molecule has 0 amide bonds. The van der Waals surface area contributed by atoms with Crippen LogP contribution in [0.3, 0.4) is 0 Å². The second kappa shape index (κ2) is 5.60. The maximum atomic E-state index is 13.8. The third-order valence-corrected chi connectivity index (χ3v) is 3.45. The smallest absolute Gasteiger partial charge is 0.145 e. The van der Waals surface area contributed by atoms with Crippen molar-refractivity contribution >= 4 is 21.8 Å². The predicted octanol–water partition coefficient (Wildman–Crippen LogP) is 2.74. The van der Waals surface area contributed by atoms with Crippen molar-refractivity contribution in [2.45, 2.75) is 31.7 Å². The Bertz CT molecular complexity index is 428. The molecule has 0 atom stereocenters. The molecule has 0 bridgehead atoms. The molecule has 17 heavy (non-hydrogen) atoms. The average molecular weight is 300 g/mol. The van der Waals surface area contributed by atoms with Crippen LogP contribution in [-0.2, 0) is 0 Å². The molecule has 92 valence electrons. The molecule has 1 aliphatic rings. The van der Waals surface area contributed by atoms with E-state index in [1.807, 2.05) is 0 Å². The highest BCUT2D eigenvalue weighted by Gasteiger charge is 2.16. The zero-order chi connectivity index (χ0) is 12.3. The summed E-state index contributed by atoms with van der Waals surface area (Å²) < 4.78 is 14.5. The van der Waals surface area contributed by atoms with Gasteiger partial charge in [0.25, 0.3) is 0 Å². The normalized spacial score (nSPS) is 17.5. The van der Waals surface area contributed by atoms with Crippen LogP contribution in [0, 0.1) is 5.82 Å². The van der Waals surface area contributed by atoms with Gasteiger partial charge >= 0.3 is 0 Å². The van der Waals surface area contributed by atoms with Crippen LogP contribution in [0.15, 0.2) is 27.7 Å². The summed E-state index contributed by atoms with van der Waals surface area (Å²) in [5.74, 6) is 5.54. The molecule has 1 aromatic carbocycles. The third-order valence-electron chi connectivity index (χ3n) is 2.96. The van der Waals surface area contributed by atoms with Crippen molar-refractivity contribution in [3.63, 3.8) is 0 Å².